The van der Waals surface area contributed by atoms with Crippen molar-refractivity contribution in [3.05, 3.63) is 66.2 Å². The summed E-state index contributed by atoms with van der Waals surface area (Å²) in [5.74, 6) is -1.39. The van der Waals surface area contributed by atoms with Gasteiger partial charge in [0.2, 0.25) is 0 Å². The zero-order valence-electron chi connectivity index (χ0n) is 21.2. The maximum absolute atomic E-state index is 13.6. The first-order valence-corrected chi connectivity index (χ1v) is 12.6. The fourth-order valence-electron chi connectivity index (χ4n) is 3.56. The molecule has 0 fully saturated rings. The number of rotatable bonds is 17. The summed E-state index contributed by atoms with van der Waals surface area (Å²) < 4.78 is 51.2. The van der Waals surface area contributed by atoms with Crippen molar-refractivity contribution in [3.63, 3.8) is 0 Å². The third kappa shape index (κ3) is 11.6. The Morgan fingerprint density at radius 2 is 1.42 bits per heavy atom. The van der Waals surface area contributed by atoms with E-state index in [0.29, 0.717) is 13.2 Å². The van der Waals surface area contributed by atoms with E-state index in [0.717, 1.165) is 69.9 Å². The molecule has 0 saturated heterocycles. The second-order valence-corrected chi connectivity index (χ2v) is 8.63. The highest BCUT2D eigenvalue weighted by molar-refractivity contribution is 5.87. The van der Waals surface area contributed by atoms with Gasteiger partial charge in [-0.3, -0.25) is 0 Å². The number of benzene rings is 2. The number of carbonyl (C=O) groups excluding carboxylic acids is 1. The fourth-order valence-corrected chi connectivity index (χ4v) is 3.56. The molecule has 2 rings (SSSR count). The van der Waals surface area contributed by atoms with Crippen LogP contribution < -0.4 is 4.74 Å². The van der Waals surface area contributed by atoms with E-state index < -0.39 is 23.7 Å². The van der Waals surface area contributed by atoms with Crippen molar-refractivity contribution in [1.29, 1.82) is 0 Å². The molecular formula is C28H33F3N2O5. The predicted molar refractivity (Wildman–Crippen MR) is 137 cm³/mol. The van der Waals surface area contributed by atoms with E-state index in [-0.39, 0.29) is 22.7 Å². The number of halogens is 3. The molecule has 2 aromatic rings. The van der Waals surface area contributed by atoms with Crippen LogP contribution in [0.2, 0.25) is 0 Å². The van der Waals surface area contributed by atoms with E-state index in [9.17, 15) is 22.8 Å². The van der Waals surface area contributed by atoms with Gasteiger partial charge in [-0.15, -0.1) is 5.11 Å². The standard InChI is InChI=1S/C28H33F3N2O5/c1-2-26(34)38-19-11-9-7-5-3-4-6-8-10-18-37-23-16-17-25(24(20-23)28(29,30)31)33-32-22-14-12-21(13-15-22)27(35)36/h2,12-17,20H,1,3-11,18-19H2,(H,35,36). The summed E-state index contributed by atoms with van der Waals surface area (Å²) in [5.41, 5.74) is -1.04. The van der Waals surface area contributed by atoms with Crippen molar-refractivity contribution in [2.45, 2.75) is 64.0 Å². The molecule has 38 heavy (non-hydrogen) atoms. The van der Waals surface area contributed by atoms with E-state index in [1.165, 1.54) is 36.4 Å². The Bertz CT molecular complexity index is 1070. The van der Waals surface area contributed by atoms with Crippen molar-refractivity contribution in [2.75, 3.05) is 13.2 Å². The van der Waals surface area contributed by atoms with E-state index in [2.05, 4.69) is 16.8 Å². The predicted octanol–water partition coefficient (Wildman–Crippen LogP) is 8.44. The first kappa shape index (κ1) is 30.5. The SMILES string of the molecule is C=CC(=O)OCCCCCCCCCCCOc1ccc(N=Nc2ccc(C(=O)O)cc2)c(C(F)(F)F)c1. The summed E-state index contributed by atoms with van der Waals surface area (Å²) in [6, 6.07) is 8.88. The first-order chi connectivity index (χ1) is 18.2. The highest BCUT2D eigenvalue weighted by Gasteiger charge is 2.34. The van der Waals surface area contributed by atoms with Crippen LogP contribution in [0.1, 0.15) is 73.7 Å². The molecule has 2 aromatic carbocycles. The average Bonchev–Trinajstić information content (AvgIpc) is 2.89. The van der Waals surface area contributed by atoms with Crippen LogP contribution in [-0.2, 0) is 15.7 Å². The molecule has 0 spiro atoms. The summed E-state index contributed by atoms with van der Waals surface area (Å²) in [5, 5.41) is 16.4. The van der Waals surface area contributed by atoms with Crippen LogP contribution in [0.25, 0.3) is 0 Å². The number of nitrogens with zero attached hydrogens (tertiary/aromatic N) is 2. The molecule has 1 N–H and O–H groups in total. The van der Waals surface area contributed by atoms with Crippen molar-refractivity contribution in [1.82, 2.24) is 0 Å². The summed E-state index contributed by atoms with van der Waals surface area (Å²) in [4.78, 5) is 21.8. The van der Waals surface area contributed by atoms with Gasteiger partial charge in [-0.2, -0.15) is 18.3 Å². The third-order valence-electron chi connectivity index (χ3n) is 5.63. The van der Waals surface area contributed by atoms with Crippen LogP contribution in [0.4, 0.5) is 24.5 Å². The van der Waals surface area contributed by atoms with Gasteiger partial charge < -0.3 is 14.6 Å². The fraction of sp³-hybridized carbons (Fsp3) is 0.429. The van der Waals surface area contributed by atoms with Gasteiger partial charge in [0.15, 0.2) is 0 Å². The maximum Gasteiger partial charge on any atom is 0.418 e. The molecule has 0 heterocycles. The highest BCUT2D eigenvalue weighted by atomic mass is 19.4. The quantitative estimate of drug-likeness (QED) is 0.0950. The number of esters is 1. The zero-order chi connectivity index (χ0) is 27.8. The monoisotopic (exact) mass is 534 g/mol. The lowest BCUT2D eigenvalue weighted by Gasteiger charge is -2.12. The Hall–Kier alpha value is -3.69. The molecule has 0 saturated carbocycles. The minimum atomic E-state index is -4.64. The number of carboxylic acids is 1. The summed E-state index contributed by atoms with van der Waals surface area (Å²) in [7, 11) is 0. The number of ether oxygens (including phenoxy) is 2. The number of unbranched alkanes of at least 4 members (excludes halogenated alkanes) is 8. The van der Waals surface area contributed by atoms with E-state index in [1.54, 1.807) is 0 Å². The Labute approximate surface area is 220 Å². The average molecular weight is 535 g/mol. The summed E-state index contributed by atoms with van der Waals surface area (Å²) >= 11 is 0. The Morgan fingerprint density at radius 3 is 1.97 bits per heavy atom. The second kappa shape index (κ2) is 16.2. The number of carbonyl (C=O) groups is 2. The molecule has 0 aromatic heterocycles. The molecule has 0 bridgehead atoms. The number of azo groups is 1. The molecule has 0 aliphatic carbocycles. The molecule has 10 heteroatoms. The minimum absolute atomic E-state index is 0.0406. The van der Waals surface area contributed by atoms with E-state index in [1.807, 2.05) is 0 Å². The van der Waals surface area contributed by atoms with Crippen molar-refractivity contribution >= 4 is 23.3 Å². The zero-order valence-corrected chi connectivity index (χ0v) is 21.2. The van der Waals surface area contributed by atoms with Crippen molar-refractivity contribution < 1.29 is 37.3 Å². The van der Waals surface area contributed by atoms with Gasteiger partial charge in [0, 0.05) is 6.08 Å². The van der Waals surface area contributed by atoms with Gasteiger partial charge in [0.25, 0.3) is 0 Å². The Kier molecular flexibility index (Phi) is 13.0. The van der Waals surface area contributed by atoms with Gasteiger partial charge in [0.05, 0.1) is 35.7 Å². The minimum Gasteiger partial charge on any atom is -0.494 e. The summed E-state index contributed by atoms with van der Waals surface area (Å²) in [6.45, 7) is 4.09. The van der Waals surface area contributed by atoms with Crippen LogP contribution in [0.5, 0.6) is 5.75 Å². The van der Waals surface area contributed by atoms with Crippen LogP contribution in [0.15, 0.2) is 65.3 Å². The number of alkyl halides is 3. The number of hydrogen-bond donors (Lipinski definition) is 1. The number of carboxylic acid groups (broad SMARTS) is 1. The van der Waals surface area contributed by atoms with Gasteiger partial charge in [0.1, 0.15) is 5.75 Å². The number of hydrogen-bond acceptors (Lipinski definition) is 6. The van der Waals surface area contributed by atoms with E-state index in [4.69, 9.17) is 14.6 Å². The van der Waals surface area contributed by atoms with Gasteiger partial charge >= 0.3 is 18.1 Å². The maximum atomic E-state index is 13.6. The smallest absolute Gasteiger partial charge is 0.418 e. The lowest BCUT2D eigenvalue weighted by atomic mass is 10.1. The molecule has 0 unspecified atom stereocenters. The third-order valence-corrected chi connectivity index (χ3v) is 5.63. The topological polar surface area (TPSA) is 97.5 Å². The summed E-state index contributed by atoms with van der Waals surface area (Å²) in [6.07, 6.45) is 5.47. The molecule has 0 amide bonds. The Morgan fingerprint density at radius 1 is 0.842 bits per heavy atom. The van der Waals surface area contributed by atoms with Crippen molar-refractivity contribution in [2.24, 2.45) is 10.2 Å². The Balaban J connectivity index is 1.70. The second-order valence-electron chi connectivity index (χ2n) is 8.63. The molecule has 206 valence electrons. The van der Waals surface area contributed by atoms with Crippen LogP contribution in [0, 0.1) is 0 Å². The molecular weight excluding hydrogens is 501 g/mol. The van der Waals surface area contributed by atoms with Crippen LogP contribution in [0.3, 0.4) is 0 Å². The van der Waals surface area contributed by atoms with Crippen molar-refractivity contribution in [3.8, 4) is 5.75 Å². The van der Waals surface area contributed by atoms with E-state index >= 15 is 0 Å². The van der Waals surface area contributed by atoms with Crippen LogP contribution >= 0.6 is 0 Å². The largest absolute Gasteiger partial charge is 0.494 e. The molecule has 0 aliphatic heterocycles. The van der Waals surface area contributed by atoms with Gasteiger partial charge in [-0.25, -0.2) is 9.59 Å². The lowest BCUT2D eigenvalue weighted by molar-refractivity contribution is -0.138. The van der Waals surface area contributed by atoms with Gasteiger partial charge in [-0.05, 0) is 55.3 Å². The number of aromatic carboxylic acids is 1. The molecule has 0 atom stereocenters. The van der Waals surface area contributed by atoms with Crippen LogP contribution in [-0.4, -0.2) is 30.3 Å². The highest BCUT2D eigenvalue weighted by Crippen LogP contribution is 2.39. The normalized spacial score (nSPS) is 11.4. The lowest BCUT2D eigenvalue weighted by Crippen LogP contribution is -2.06. The molecule has 0 aliphatic rings. The molecule has 7 nitrogen and oxygen atoms in total. The first-order valence-electron chi connectivity index (χ1n) is 12.6. The van der Waals surface area contributed by atoms with Gasteiger partial charge in [-0.1, -0.05) is 51.5 Å². The molecule has 0 radical (unpaired) electrons.